The maximum Gasteiger partial charge on any atom is 0.335 e. The topological polar surface area (TPSA) is 63.1 Å². The lowest BCUT2D eigenvalue weighted by atomic mass is 10.1. The van der Waals surface area contributed by atoms with Gasteiger partial charge in [-0.25, -0.2) is 14.8 Å². The minimum atomic E-state index is -0.942. The Morgan fingerprint density at radius 2 is 2.21 bits per heavy atom. The molecule has 0 amide bonds. The van der Waals surface area contributed by atoms with E-state index in [4.69, 9.17) is 5.11 Å². The second-order valence-corrected chi connectivity index (χ2v) is 3.00. The highest BCUT2D eigenvalue weighted by molar-refractivity contribution is 5.92. The van der Waals surface area contributed by atoms with Gasteiger partial charge in [0.1, 0.15) is 5.82 Å². The van der Waals surface area contributed by atoms with E-state index < -0.39 is 5.97 Å². The number of hydrogen-bond donors (Lipinski definition) is 1. The van der Waals surface area contributed by atoms with Crippen LogP contribution in [0.25, 0.3) is 10.9 Å². The average Bonchev–Trinajstić information content (AvgIpc) is 2.16. The predicted octanol–water partition coefficient (Wildman–Crippen LogP) is 1.64. The molecule has 4 nitrogen and oxygen atoms in total. The van der Waals surface area contributed by atoms with Gasteiger partial charge in [0.15, 0.2) is 0 Å². The number of aryl methyl sites for hydroxylation is 1. The summed E-state index contributed by atoms with van der Waals surface area (Å²) in [5.41, 5.74) is 0.910. The van der Waals surface area contributed by atoms with E-state index in [1.54, 1.807) is 31.3 Å². The molecule has 0 unspecified atom stereocenters. The van der Waals surface area contributed by atoms with Crippen LogP contribution in [-0.2, 0) is 0 Å². The maximum atomic E-state index is 10.7. The molecule has 2 rings (SSSR count). The van der Waals surface area contributed by atoms with Crippen LogP contribution in [-0.4, -0.2) is 21.0 Å². The molecule has 1 heterocycles. The van der Waals surface area contributed by atoms with Gasteiger partial charge < -0.3 is 5.11 Å². The summed E-state index contributed by atoms with van der Waals surface area (Å²) in [6, 6.07) is 4.80. The predicted molar refractivity (Wildman–Crippen MR) is 51.2 cm³/mol. The summed E-state index contributed by atoms with van der Waals surface area (Å²) in [6.45, 7) is 1.77. The first-order valence-electron chi connectivity index (χ1n) is 4.13. The average molecular weight is 188 g/mol. The number of fused-ring (bicyclic) bond motifs is 1. The Kier molecular flexibility index (Phi) is 1.89. The Morgan fingerprint density at radius 3 is 2.93 bits per heavy atom. The second-order valence-electron chi connectivity index (χ2n) is 3.00. The third-order valence-electron chi connectivity index (χ3n) is 1.95. The standard InChI is InChI=1S/C10H8N2O2/c1-6-11-5-8-3-2-7(10(13)14)4-9(8)12-6/h2-5H,1H3,(H,13,14). The van der Waals surface area contributed by atoms with E-state index in [1.165, 1.54) is 0 Å². The van der Waals surface area contributed by atoms with Crippen LogP contribution in [0, 0.1) is 6.92 Å². The zero-order valence-electron chi connectivity index (χ0n) is 7.56. The fraction of sp³-hybridized carbons (Fsp3) is 0.100. The van der Waals surface area contributed by atoms with Gasteiger partial charge in [0, 0.05) is 11.6 Å². The van der Waals surface area contributed by atoms with Gasteiger partial charge in [-0.1, -0.05) is 6.07 Å². The number of nitrogens with zero attached hydrogens (tertiary/aromatic N) is 2. The van der Waals surface area contributed by atoms with Crippen molar-refractivity contribution in [3.63, 3.8) is 0 Å². The van der Waals surface area contributed by atoms with Crippen LogP contribution in [0.4, 0.5) is 0 Å². The van der Waals surface area contributed by atoms with Crippen molar-refractivity contribution in [2.45, 2.75) is 6.92 Å². The van der Waals surface area contributed by atoms with Crippen LogP contribution >= 0.6 is 0 Å². The van der Waals surface area contributed by atoms with Gasteiger partial charge in [-0.3, -0.25) is 0 Å². The number of carboxylic acids is 1. The first kappa shape index (κ1) is 8.62. The van der Waals surface area contributed by atoms with Crippen molar-refractivity contribution in [2.24, 2.45) is 0 Å². The van der Waals surface area contributed by atoms with Gasteiger partial charge in [0.05, 0.1) is 11.1 Å². The zero-order chi connectivity index (χ0) is 10.1. The van der Waals surface area contributed by atoms with Gasteiger partial charge >= 0.3 is 5.97 Å². The van der Waals surface area contributed by atoms with Crippen LogP contribution in [0.15, 0.2) is 24.4 Å². The minimum absolute atomic E-state index is 0.246. The third-order valence-corrected chi connectivity index (χ3v) is 1.95. The largest absolute Gasteiger partial charge is 0.478 e. The molecule has 0 aliphatic carbocycles. The molecule has 70 valence electrons. The van der Waals surface area contributed by atoms with Gasteiger partial charge in [-0.2, -0.15) is 0 Å². The van der Waals surface area contributed by atoms with Crippen LogP contribution in [0.2, 0.25) is 0 Å². The molecule has 0 bridgehead atoms. The zero-order valence-corrected chi connectivity index (χ0v) is 7.56. The molecule has 1 aromatic carbocycles. The normalized spacial score (nSPS) is 10.4. The van der Waals surface area contributed by atoms with Crippen molar-refractivity contribution in [3.8, 4) is 0 Å². The van der Waals surface area contributed by atoms with E-state index in [9.17, 15) is 4.79 Å². The Bertz CT molecular complexity index is 508. The minimum Gasteiger partial charge on any atom is -0.478 e. The molecule has 0 saturated carbocycles. The smallest absolute Gasteiger partial charge is 0.335 e. The monoisotopic (exact) mass is 188 g/mol. The van der Waals surface area contributed by atoms with E-state index in [0.717, 1.165) is 5.39 Å². The molecule has 0 saturated heterocycles. The molecule has 0 aliphatic rings. The molecule has 0 fully saturated rings. The summed E-state index contributed by atoms with van der Waals surface area (Å²) >= 11 is 0. The Morgan fingerprint density at radius 1 is 1.43 bits per heavy atom. The van der Waals surface area contributed by atoms with E-state index in [0.29, 0.717) is 11.3 Å². The third kappa shape index (κ3) is 1.42. The van der Waals surface area contributed by atoms with E-state index in [-0.39, 0.29) is 5.56 Å². The fourth-order valence-corrected chi connectivity index (χ4v) is 1.25. The molecule has 0 spiro atoms. The van der Waals surface area contributed by atoms with E-state index in [2.05, 4.69) is 9.97 Å². The second kappa shape index (κ2) is 3.06. The number of aromatic carboxylic acids is 1. The molecular weight excluding hydrogens is 180 g/mol. The van der Waals surface area contributed by atoms with Crippen LogP contribution in [0.5, 0.6) is 0 Å². The molecule has 0 radical (unpaired) electrons. The molecule has 1 N–H and O–H groups in total. The summed E-state index contributed by atoms with van der Waals surface area (Å²) in [4.78, 5) is 18.9. The first-order chi connectivity index (χ1) is 6.66. The van der Waals surface area contributed by atoms with Crippen molar-refractivity contribution in [1.82, 2.24) is 9.97 Å². The van der Waals surface area contributed by atoms with Gasteiger partial charge in [-0.15, -0.1) is 0 Å². The lowest BCUT2D eigenvalue weighted by Gasteiger charge is -1.99. The number of rotatable bonds is 1. The summed E-state index contributed by atoms with van der Waals surface area (Å²) in [6.07, 6.45) is 1.68. The summed E-state index contributed by atoms with van der Waals surface area (Å²) in [7, 11) is 0. The van der Waals surface area contributed by atoms with Gasteiger partial charge in [0.25, 0.3) is 0 Å². The fourth-order valence-electron chi connectivity index (χ4n) is 1.25. The quantitative estimate of drug-likeness (QED) is 0.738. The highest BCUT2D eigenvalue weighted by Gasteiger charge is 2.04. The van der Waals surface area contributed by atoms with Gasteiger partial charge in [0.2, 0.25) is 0 Å². The van der Waals surface area contributed by atoms with E-state index in [1.807, 2.05) is 0 Å². The highest BCUT2D eigenvalue weighted by atomic mass is 16.4. The summed E-state index contributed by atoms with van der Waals surface area (Å²) in [5, 5.41) is 9.62. The first-order valence-corrected chi connectivity index (χ1v) is 4.13. The molecular formula is C10H8N2O2. The Balaban J connectivity index is 2.69. The number of carbonyl (C=O) groups is 1. The molecule has 14 heavy (non-hydrogen) atoms. The number of hydrogen-bond acceptors (Lipinski definition) is 3. The molecule has 4 heteroatoms. The highest BCUT2D eigenvalue weighted by Crippen LogP contribution is 2.12. The number of benzene rings is 1. The lowest BCUT2D eigenvalue weighted by molar-refractivity contribution is 0.0697. The van der Waals surface area contributed by atoms with Crippen molar-refractivity contribution in [1.29, 1.82) is 0 Å². The van der Waals surface area contributed by atoms with Crippen LogP contribution in [0.3, 0.4) is 0 Å². The summed E-state index contributed by atoms with van der Waals surface area (Å²) in [5.74, 6) is -0.303. The number of carboxylic acid groups (broad SMARTS) is 1. The summed E-state index contributed by atoms with van der Waals surface area (Å²) < 4.78 is 0. The lowest BCUT2D eigenvalue weighted by Crippen LogP contribution is -1.96. The molecule has 2 aromatic rings. The van der Waals surface area contributed by atoms with Crippen LogP contribution in [0.1, 0.15) is 16.2 Å². The van der Waals surface area contributed by atoms with Crippen LogP contribution < -0.4 is 0 Å². The Labute approximate surface area is 80.2 Å². The van der Waals surface area contributed by atoms with Crippen molar-refractivity contribution >= 4 is 16.9 Å². The molecule has 0 atom stereocenters. The SMILES string of the molecule is Cc1ncc2ccc(C(=O)O)cc2n1. The Hall–Kier alpha value is -1.97. The van der Waals surface area contributed by atoms with Crippen molar-refractivity contribution in [2.75, 3.05) is 0 Å². The van der Waals surface area contributed by atoms with Crippen molar-refractivity contribution in [3.05, 3.63) is 35.8 Å². The molecule has 0 aliphatic heterocycles. The van der Waals surface area contributed by atoms with Crippen molar-refractivity contribution < 1.29 is 9.90 Å². The van der Waals surface area contributed by atoms with Gasteiger partial charge in [-0.05, 0) is 19.1 Å². The molecule has 1 aromatic heterocycles. The van der Waals surface area contributed by atoms with E-state index >= 15 is 0 Å². The maximum absolute atomic E-state index is 10.7. The number of aromatic nitrogens is 2.